The summed E-state index contributed by atoms with van der Waals surface area (Å²) in [6, 6.07) is 16.9. The van der Waals surface area contributed by atoms with Gasteiger partial charge in [0.15, 0.2) is 17.3 Å². The lowest BCUT2D eigenvalue weighted by Crippen LogP contribution is -2.35. The van der Waals surface area contributed by atoms with Crippen LogP contribution in [0.1, 0.15) is 32.0 Å². The van der Waals surface area contributed by atoms with E-state index in [1.165, 1.54) is 29.2 Å². The summed E-state index contributed by atoms with van der Waals surface area (Å²) in [6.45, 7) is 0.368. The Morgan fingerprint density at radius 1 is 1.11 bits per heavy atom. The Bertz CT molecular complexity index is 1520. The van der Waals surface area contributed by atoms with E-state index in [4.69, 9.17) is 14.6 Å². The van der Waals surface area contributed by atoms with Crippen molar-refractivity contribution >= 4 is 11.9 Å². The molecule has 0 unspecified atom stereocenters. The number of amides is 1. The van der Waals surface area contributed by atoms with E-state index in [-0.39, 0.29) is 49.2 Å². The van der Waals surface area contributed by atoms with Crippen molar-refractivity contribution in [2.45, 2.75) is 13.2 Å². The second kappa shape index (κ2) is 10.3. The second-order valence-corrected chi connectivity index (χ2v) is 8.74. The van der Waals surface area contributed by atoms with Crippen LogP contribution < -0.4 is 9.47 Å². The van der Waals surface area contributed by atoms with Gasteiger partial charge in [0.05, 0.1) is 17.8 Å². The number of ether oxygens (including phenoxy) is 2. The number of rotatable bonds is 8. The Labute approximate surface area is 216 Å². The van der Waals surface area contributed by atoms with Gasteiger partial charge in [0.1, 0.15) is 24.8 Å². The highest BCUT2D eigenvalue weighted by molar-refractivity contribution is 5.96. The van der Waals surface area contributed by atoms with Crippen molar-refractivity contribution in [3.63, 3.8) is 0 Å². The van der Waals surface area contributed by atoms with Crippen LogP contribution in [0.5, 0.6) is 11.5 Å². The van der Waals surface area contributed by atoms with Crippen LogP contribution in [0.25, 0.3) is 11.3 Å². The van der Waals surface area contributed by atoms with Crippen LogP contribution in [-0.2, 0) is 20.2 Å². The van der Waals surface area contributed by atoms with Gasteiger partial charge in [0.2, 0.25) is 0 Å². The number of aromatic nitrogens is 2. The molecule has 8 nitrogen and oxygen atoms in total. The zero-order chi connectivity index (χ0) is 26.8. The van der Waals surface area contributed by atoms with Gasteiger partial charge in [0, 0.05) is 24.7 Å². The number of aryl methyl sites for hydroxylation is 1. The smallest absolute Gasteiger partial charge is 0.335 e. The van der Waals surface area contributed by atoms with Gasteiger partial charge in [-0.15, -0.1) is 0 Å². The number of carboxylic acid groups (broad SMARTS) is 1. The average Bonchev–Trinajstić information content (AvgIpc) is 3.25. The standard InChI is InChI=1S/C28H23F2N3O5/c1-32-26-20-14-19(29)8-10-23(20)38-16-21(26)25(31-32)27(34)33(15-17-5-3-2-4-6-17)11-12-37-24-9-7-18(28(35)36)13-22(24)30/h2-10,13-14H,11-12,15-16H2,1H3,(H,35,36). The van der Waals surface area contributed by atoms with Crippen LogP contribution in [0.2, 0.25) is 0 Å². The molecule has 194 valence electrons. The topological polar surface area (TPSA) is 93.9 Å². The predicted octanol–water partition coefficient (Wildman–Crippen LogP) is 4.68. The first kappa shape index (κ1) is 24.9. The molecule has 1 amide bonds. The highest BCUT2D eigenvalue weighted by atomic mass is 19.1. The Balaban J connectivity index is 1.41. The van der Waals surface area contributed by atoms with Crippen molar-refractivity contribution in [2.24, 2.45) is 7.05 Å². The average molecular weight is 520 g/mol. The van der Waals surface area contributed by atoms with Crippen LogP contribution in [0.4, 0.5) is 8.78 Å². The minimum atomic E-state index is -1.25. The fourth-order valence-corrected chi connectivity index (χ4v) is 4.40. The molecule has 1 aliphatic heterocycles. The van der Waals surface area contributed by atoms with Crippen molar-refractivity contribution in [3.8, 4) is 22.8 Å². The molecule has 4 aromatic rings. The van der Waals surface area contributed by atoms with E-state index in [1.807, 2.05) is 30.3 Å². The van der Waals surface area contributed by atoms with Crippen molar-refractivity contribution < 1.29 is 33.0 Å². The first-order valence-corrected chi connectivity index (χ1v) is 11.8. The molecule has 10 heteroatoms. The summed E-state index contributed by atoms with van der Waals surface area (Å²) < 4.78 is 41.2. The number of hydrogen-bond acceptors (Lipinski definition) is 5. The highest BCUT2D eigenvalue weighted by Gasteiger charge is 2.31. The lowest BCUT2D eigenvalue weighted by atomic mass is 10.0. The fourth-order valence-electron chi connectivity index (χ4n) is 4.40. The molecule has 0 saturated heterocycles. The minimum Gasteiger partial charge on any atom is -0.489 e. The van der Waals surface area contributed by atoms with Gasteiger partial charge >= 0.3 is 5.97 Å². The summed E-state index contributed by atoms with van der Waals surface area (Å²) in [6.07, 6.45) is 0. The third-order valence-electron chi connectivity index (χ3n) is 6.22. The molecule has 1 aromatic heterocycles. The number of carboxylic acids is 1. The second-order valence-electron chi connectivity index (χ2n) is 8.74. The van der Waals surface area contributed by atoms with Crippen LogP contribution in [0, 0.1) is 11.6 Å². The molecule has 3 aromatic carbocycles. The van der Waals surface area contributed by atoms with E-state index in [2.05, 4.69) is 5.10 Å². The van der Waals surface area contributed by atoms with Gasteiger partial charge in [-0.3, -0.25) is 9.48 Å². The Morgan fingerprint density at radius 2 is 1.89 bits per heavy atom. The third-order valence-corrected chi connectivity index (χ3v) is 6.22. The van der Waals surface area contributed by atoms with Gasteiger partial charge in [0.25, 0.3) is 5.91 Å². The largest absolute Gasteiger partial charge is 0.489 e. The maximum Gasteiger partial charge on any atom is 0.335 e. The molecule has 0 aliphatic carbocycles. The highest BCUT2D eigenvalue weighted by Crippen LogP contribution is 2.39. The van der Waals surface area contributed by atoms with Gasteiger partial charge in [-0.05, 0) is 42.0 Å². The number of aromatic carboxylic acids is 1. The molecule has 5 rings (SSSR count). The fraction of sp³-hybridized carbons (Fsp3) is 0.179. The Kier molecular flexibility index (Phi) is 6.78. The van der Waals surface area contributed by atoms with Gasteiger partial charge < -0.3 is 19.5 Å². The normalized spacial score (nSPS) is 11.8. The molecule has 0 spiro atoms. The Morgan fingerprint density at radius 3 is 2.63 bits per heavy atom. The summed E-state index contributed by atoms with van der Waals surface area (Å²) in [5.74, 6) is -2.49. The van der Waals surface area contributed by atoms with Gasteiger partial charge in [-0.25, -0.2) is 13.6 Å². The first-order chi connectivity index (χ1) is 18.3. The van der Waals surface area contributed by atoms with Crippen LogP contribution >= 0.6 is 0 Å². The molecule has 0 atom stereocenters. The number of carbonyl (C=O) groups excluding carboxylic acids is 1. The van der Waals surface area contributed by atoms with E-state index < -0.39 is 17.6 Å². The summed E-state index contributed by atoms with van der Waals surface area (Å²) in [5, 5.41) is 13.5. The van der Waals surface area contributed by atoms with E-state index in [9.17, 15) is 18.4 Å². The quantitative estimate of drug-likeness (QED) is 0.364. The molecule has 2 heterocycles. The van der Waals surface area contributed by atoms with Gasteiger partial charge in [-0.2, -0.15) is 5.10 Å². The zero-order valence-electron chi connectivity index (χ0n) is 20.4. The lowest BCUT2D eigenvalue weighted by Gasteiger charge is -2.24. The van der Waals surface area contributed by atoms with Gasteiger partial charge in [-0.1, -0.05) is 30.3 Å². The molecule has 38 heavy (non-hydrogen) atoms. The van der Waals surface area contributed by atoms with E-state index in [0.717, 1.165) is 11.6 Å². The molecule has 1 aliphatic rings. The van der Waals surface area contributed by atoms with E-state index in [1.54, 1.807) is 17.8 Å². The van der Waals surface area contributed by atoms with E-state index in [0.29, 0.717) is 22.6 Å². The lowest BCUT2D eigenvalue weighted by molar-refractivity contribution is 0.0689. The molecular weight excluding hydrogens is 496 g/mol. The maximum absolute atomic E-state index is 14.3. The minimum absolute atomic E-state index is 0.0541. The van der Waals surface area contributed by atoms with Crippen LogP contribution in [0.15, 0.2) is 66.7 Å². The number of hydrogen-bond donors (Lipinski definition) is 1. The number of benzene rings is 3. The van der Waals surface area contributed by atoms with Crippen molar-refractivity contribution in [1.82, 2.24) is 14.7 Å². The Hall–Kier alpha value is -4.73. The van der Waals surface area contributed by atoms with Crippen LogP contribution in [0.3, 0.4) is 0 Å². The van der Waals surface area contributed by atoms with Crippen molar-refractivity contribution in [2.75, 3.05) is 13.2 Å². The van der Waals surface area contributed by atoms with Crippen molar-refractivity contribution in [3.05, 3.63) is 101 Å². The molecule has 0 fully saturated rings. The number of fused-ring (bicyclic) bond motifs is 3. The number of carbonyl (C=O) groups is 2. The predicted molar refractivity (Wildman–Crippen MR) is 133 cm³/mol. The maximum atomic E-state index is 14.3. The third kappa shape index (κ3) is 4.93. The monoisotopic (exact) mass is 519 g/mol. The summed E-state index contributed by atoms with van der Waals surface area (Å²) in [7, 11) is 1.68. The zero-order valence-corrected chi connectivity index (χ0v) is 20.4. The van der Waals surface area contributed by atoms with Crippen LogP contribution in [-0.4, -0.2) is 44.8 Å². The summed E-state index contributed by atoms with van der Waals surface area (Å²) in [4.78, 5) is 26.4. The summed E-state index contributed by atoms with van der Waals surface area (Å²) >= 11 is 0. The molecule has 1 N–H and O–H groups in total. The van der Waals surface area contributed by atoms with E-state index >= 15 is 0 Å². The summed E-state index contributed by atoms with van der Waals surface area (Å²) in [5.41, 5.74) is 2.50. The molecule has 0 saturated carbocycles. The number of nitrogens with zero attached hydrogens (tertiary/aromatic N) is 3. The van der Waals surface area contributed by atoms with Crippen molar-refractivity contribution in [1.29, 1.82) is 0 Å². The molecule has 0 radical (unpaired) electrons. The SMILES string of the molecule is Cn1nc(C(=O)N(CCOc2ccc(C(=O)O)cc2F)Cc2ccccc2)c2c1-c1cc(F)ccc1OC2. The first-order valence-electron chi connectivity index (χ1n) is 11.8. The molecular formula is C28H23F2N3O5. The molecule has 0 bridgehead atoms. The number of halogens is 2.